The Labute approximate surface area is 378 Å². The van der Waals surface area contributed by atoms with E-state index in [1.807, 2.05) is 6.07 Å². The maximum absolute atomic E-state index is 5.23. The molecular formula is C59H43IN2. The predicted octanol–water partition coefficient (Wildman–Crippen LogP) is 16.4. The second-order valence-corrected chi connectivity index (χ2v) is 17.0. The molecule has 0 aliphatic heterocycles. The van der Waals surface area contributed by atoms with Crippen molar-refractivity contribution in [1.29, 1.82) is 0 Å². The van der Waals surface area contributed by atoms with Gasteiger partial charge in [-0.3, -0.25) is 0 Å². The first kappa shape index (κ1) is 39.2. The number of benzene rings is 8. The Hall–Kier alpha value is -6.95. The molecule has 3 heteroatoms. The van der Waals surface area contributed by atoms with Crippen molar-refractivity contribution in [3.05, 3.63) is 234 Å². The van der Waals surface area contributed by atoms with Gasteiger partial charge in [-0.15, -0.1) is 0 Å². The Bertz CT molecular complexity index is 3070. The highest BCUT2D eigenvalue weighted by molar-refractivity contribution is 14.1. The number of halogens is 1. The van der Waals surface area contributed by atoms with Gasteiger partial charge in [0.2, 0.25) is 0 Å². The molecule has 2 nitrogen and oxygen atoms in total. The van der Waals surface area contributed by atoms with Crippen LogP contribution in [0.2, 0.25) is 0 Å². The average molecular weight is 907 g/mol. The van der Waals surface area contributed by atoms with Gasteiger partial charge in [0.15, 0.2) is 5.82 Å². The maximum Gasteiger partial charge on any atom is 0.160 e. The van der Waals surface area contributed by atoms with Gasteiger partial charge in [-0.2, -0.15) is 0 Å². The highest BCUT2D eigenvalue weighted by Gasteiger charge is 2.24. The molecule has 0 saturated heterocycles. The maximum atomic E-state index is 5.23. The van der Waals surface area contributed by atoms with E-state index in [0.29, 0.717) is 5.92 Å². The van der Waals surface area contributed by atoms with Gasteiger partial charge in [-0.1, -0.05) is 219 Å². The van der Waals surface area contributed by atoms with Gasteiger partial charge in [0.25, 0.3) is 0 Å². The lowest BCUT2D eigenvalue weighted by Crippen LogP contribution is -2.04. The summed E-state index contributed by atoms with van der Waals surface area (Å²) in [6.45, 7) is 2.24. The summed E-state index contributed by atoms with van der Waals surface area (Å²) in [5.41, 5.74) is 19.3. The number of hydrogen-bond donors (Lipinski definition) is 0. The molecule has 1 aliphatic carbocycles. The summed E-state index contributed by atoms with van der Waals surface area (Å²) in [5.74, 6) is 1.27. The normalized spacial score (nSPS) is 13.5. The zero-order valence-electron chi connectivity index (χ0n) is 34.4. The molecule has 0 N–H and O–H groups in total. The van der Waals surface area contributed by atoms with Crippen LogP contribution in [0.1, 0.15) is 19.2 Å². The Kier molecular flexibility index (Phi) is 11.1. The average Bonchev–Trinajstić information content (AvgIpc) is 3.35. The van der Waals surface area contributed by atoms with Crippen molar-refractivity contribution in [2.24, 2.45) is 5.92 Å². The van der Waals surface area contributed by atoms with E-state index in [1.54, 1.807) is 0 Å². The van der Waals surface area contributed by atoms with E-state index in [-0.39, 0.29) is 0 Å². The smallest absolute Gasteiger partial charge is 0.160 e. The zero-order chi connectivity index (χ0) is 41.8. The molecule has 0 saturated carbocycles. The molecule has 296 valence electrons. The molecule has 10 rings (SSSR count). The second kappa shape index (κ2) is 17.6. The third-order valence-electron chi connectivity index (χ3n) is 11.7. The van der Waals surface area contributed by atoms with E-state index >= 15 is 0 Å². The van der Waals surface area contributed by atoms with Gasteiger partial charge < -0.3 is 0 Å². The SMILES string of the molecule is CC1C=CC(c2nc(-c3ccccc3)c(I)c(-c3ccc(-c4cccc(-c5cc(-c6ccccc6)c(-c6ccccc6)c(-c6ccccc6)c5-c5ccccc5)c4)cc3)n2)=CC1. The van der Waals surface area contributed by atoms with Crippen LogP contribution in [0.4, 0.5) is 0 Å². The van der Waals surface area contributed by atoms with Crippen LogP contribution in [0, 0.1) is 9.49 Å². The molecule has 1 aliphatic rings. The highest BCUT2D eigenvalue weighted by Crippen LogP contribution is 2.50. The Balaban J connectivity index is 1.13. The summed E-state index contributed by atoms with van der Waals surface area (Å²) in [5, 5.41) is 0. The van der Waals surface area contributed by atoms with Crippen molar-refractivity contribution in [2.45, 2.75) is 13.3 Å². The predicted molar refractivity (Wildman–Crippen MR) is 269 cm³/mol. The first-order valence-electron chi connectivity index (χ1n) is 21.2. The topological polar surface area (TPSA) is 25.8 Å². The van der Waals surface area contributed by atoms with Gasteiger partial charge in [-0.25, -0.2) is 9.97 Å². The number of aromatic nitrogens is 2. The van der Waals surface area contributed by atoms with Crippen LogP contribution in [0.5, 0.6) is 0 Å². The van der Waals surface area contributed by atoms with E-state index in [2.05, 4.69) is 248 Å². The minimum atomic E-state index is 0.511. The van der Waals surface area contributed by atoms with Gasteiger partial charge >= 0.3 is 0 Å². The molecule has 0 amide bonds. The van der Waals surface area contributed by atoms with E-state index < -0.39 is 0 Å². The minimum Gasteiger partial charge on any atom is -0.227 e. The van der Waals surface area contributed by atoms with Crippen molar-refractivity contribution in [3.63, 3.8) is 0 Å². The fraction of sp³-hybridized carbons (Fsp3) is 0.0508. The molecular weight excluding hydrogens is 864 g/mol. The summed E-state index contributed by atoms with van der Waals surface area (Å²) >= 11 is 2.43. The van der Waals surface area contributed by atoms with Crippen LogP contribution in [0.15, 0.2) is 224 Å². The highest BCUT2D eigenvalue weighted by atomic mass is 127. The van der Waals surface area contributed by atoms with Gasteiger partial charge in [-0.05, 0) is 114 Å². The van der Waals surface area contributed by atoms with E-state index in [4.69, 9.17) is 9.97 Å². The summed E-state index contributed by atoms with van der Waals surface area (Å²) < 4.78 is 1.04. The molecule has 1 heterocycles. The van der Waals surface area contributed by atoms with E-state index in [0.717, 1.165) is 60.6 Å². The quantitative estimate of drug-likeness (QED) is 0.135. The van der Waals surface area contributed by atoms with Crippen molar-refractivity contribution in [2.75, 3.05) is 0 Å². The molecule has 1 unspecified atom stereocenters. The van der Waals surface area contributed by atoms with Crippen LogP contribution in [-0.4, -0.2) is 9.97 Å². The number of nitrogens with zero attached hydrogens (tertiary/aromatic N) is 2. The van der Waals surface area contributed by atoms with Crippen molar-refractivity contribution in [3.8, 4) is 89.3 Å². The van der Waals surface area contributed by atoms with Gasteiger partial charge in [0, 0.05) is 16.7 Å². The lowest BCUT2D eigenvalue weighted by Gasteiger charge is -2.24. The molecule has 1 aromatic heterocycles. The van der Waals surface area contributed by atoms with Crippen LogP contribution >= 0.6 is 22.6 Å². The summed E-state index contributed by atoms with van der Waals surface area (Å²) in [7, 11) is 0. The fourth-order valence-corrected chi connectivity index (χ4v) is 9.46. The zero-order valence-corrected chi connectivity index (χ0v) is 36.6. The first-order chi connectivity index (χ1) is 30.6. The fourth-order valence-electron chi connectivity index (χ4n) is 8.59. The molecule has 0 bridgehead atoms. The molecule has 0 radical (unpaired) electrons. The Morgan fingerprint density at radius 1 is 0.403 bits per heavy atom. The van der Waals surface area contributed by atoms with Crippen molar-refractivity contribution in [1.82, 2.24) is 9.97 Å². The largest absolute Gasteiger partial charge is 0.227 e. The van der Waals surface area contributed by atoms with Crippen molar-refractivity contribution >= 4 is 28.2 Å². The monoisotopic (exact) mass is 906 g/mol. The van der Waals surface area contributed by atoms with Crippen LogP contribution < -0.4 is 0 Å². The van der Waals surface area contributed by atoms with Gasteiger partial charge in [0.1, 0.15) is 0 Å². The van der Waals surface area contributed by atoms with E-state index in [9.17, 15) is 0 Å². The Morgan fingerprint density at radius 3 is 1.34 bits per heavy atom. The van der Waals surface area contributed by atoms with Crippen LogP contribution in [0.25, 0.3) is 94.8 Å². The van der Waals surface area contributed by atoms with Gasteiger partial charge in [0.05, 0.1) is 15.0 Å². The molecule has 0 spiro atoms. The molecule has 1 atom stereocenters. The number of hydrogen-bond acceptors (Lipinski definition) is 2. The molecule has 9 aromatic rings. The van der Waals surface area contributed by atoms with Crippen LogP contribution in [0.3, 0.4) is 0 Å². The first-order valence-corrected chi connectivity index (χ1v) is 22.3. The van der Waals surface area contributed by atoms with Crippen molar-refractivity contribution < 1.29 is 0 Å². The standard InChI is InChI=1S/C59H43IN2/c1-40-30-32-48(33-31-40)59-61-57(46-26-15-6-16-27-46)56(60)58(62-59)47-36-34-41(35-37-47)49-28-17-29-50(38-49)52-39-51(42-18-7-2-8-19-42)53(43-20-9-3-10-21-43)55(45-24-13-5-14-25-45)54(52)44-22-11-4-12-23-44/h2-30,32-40H,31H2,1H3. The third-order valence-corrected chi connectivity index (χ3v) is 12.8. The second-order valence-electron chi connectivity index (χ2n) is 15.9. The summed E-state index contributed by atoms with van der Waals surface area (Å²) in [6, 6.07) is 74.3. The number of rotatable bonds is 9. The molecule has 62 heavy (non-hydrogen) atoms. The van der Waals surface area contributed by atoms with Crippen LogP contribution in [-0.2, 0) is 0 Å². The summed E-state index contributed by atoms with van der Waals surface area (Å²) in [4.78, 5) is 10.4. The Morgan fingerprint density at radius 2 is 0.823 bits per heavy atom. The minimum absolute atomic E-state index is 0.511. The molecule has 8 aromatic carbocycles. The lowest BCUT2D eigenvalue weighted by molar-refractivity contribution is 0.738. The van der Waals surface area contributed by atoms with E-state index in [1.165, 1.54) is 50.1 Å². The molecule has 0 fully saturated rings. The summed E-state index contributed by atoms with van der Waals surface area (Å²) in [6.07, 6.45) is 7.68. The third kappa shape index (κ3) is 7.88. The lowest BCUT2D eigenvalue weighted by atomic mass is 9.78. The number of allylic oxidation sites excluding steroid dienone is 4.